The molecule has 1 aromatic heterocycles. The summed E-state index contributed by atoms with van der Waals surface area (Å²) in [4.78, 5) is 37.6. The first-order chi connectivity index (χ1) is 11.1. The Kier molecular flexibility index (Phi) is 3.94. The number of barbiturate groups is 1. The molecule has 0 unspecified atom stereocenters. The van der Waals surface area contributed by atoms with Gasteiger partial charge in [-0.05, 0) is 40.6 Å². The summed E-state index contributed by atoms with van der Waals surface area (Å²) < 4.78 is 5.10. The van der Waals surface area contributed by atoms with E-state index in [4.69, 9.17) is 4.74 Å². The molecular formula is C16H12N2O4S. The molecule has 0 bridgehead atoms. The molecule has 3 rings (SSSR count). The van der Waals surface area contributed by atoms with Crippen molar-refractivity contribution in [1.29, 1.82) is 0 Å². The number of urea groups is 1. The molecule has 6 nitrogen and oxygen atoms in total. The van der Waals surface area contributed by atoms with Crippen LogP contribution in [-0.4, -0.2) is 25.0 Å². The molecule has 0 spiro atoms. The van der Waals surface area contributed by atoms with Gasteiger partial charge >= 0.3 is 6.03 Å². The minimum atomic E-state index is -0.782. The number of thiophene rings is 1. The van der Waals surface area contributed by atoms with E-state index >= 15 is 0 Å². The zero-order valence-electron chi connectivity index (χ0n) is 12.1. The lowest BCUT2D eigenvalue weighted by Gasteiger charge is -2.26. The number of nitrogens with zero attached hydrogens (tertiary/aromatic N) is 1. The second-order valence-corrected chi connectivity index (χ2v) is 5.50. The van der Waals surface area contributed by atoms with E-state index in [9.17, 15) is 14.4 Å². The number of nitrogens with one attached hydrogen (secondary N) is 1. The van der Waals surface area contributed by atoms with Crippen molar-refractivity contribution in [2.24, 2.45) is 0 Å². The Balaban J connectivity index is 2.01. The summed E-state index contributed by atoms with van der Waals surface area (Å²) >= 11 is 1.45. The van der Waals surface area contributed by atoms with E-state index in [1.54, 1.807) is 35.7 Å². The highest BCUT2D eigenvalue weighted by Gasteiger charge is 2.36. The van der Waals surface area contributed by atoms with Crippen LogP contribution in [0.2, 0.25) is 0 Å². The molecule has 4 amide bonds. The lowest BCUT2D eigenvalue weighted by Crippen LogP contribution is -2.54. The lowest BCUT2D eigenvalue weighted by molar-refractivity contribution is -0.122. The second-order valence-electron chi connectivity index (χ2n) is 4.72. The fourth-order valence-electron chi connectivity index (χ4n) is 2.17. The molecule has 1 aliphatic heterocycles. The maximum absolute atomic E-state index is 12.6. The van der Waals surface area contributed by atoms with Gasteiger partial charge < -0.3 is 4.74 Å². The minimum Gasteiger partial charge on any atom is -0.497 e. The van der Waals surface area contributed by atoms with Gasteiger partial charge in [0.15, 0.2) is 0 Å². The topological polar surface area (TPSA) is 75.7 Å². The van der Waals surface area contributed by atoms with Crippen molar-refractivity contribution >= 4 is 40.9 Å². The summed E-state index contributed by atoms with van der Waals surface area (Å²) in [7, 11) is 1.49. The maximum atomic E-state index is 12.6. The highest BCUT2D eigenvalue weighted by Crippen LogP contribution is 2.25. The van der Waals surface area contributed by atoms with E-state index in [0.29, 0.717) is 11.4 Å². The average Bonchev–Trinajstić information content (AvgIpc) is 3.04. The van der Waals surface area contributed by atoms with Gasteiger partial charge in [0.1, 0.15) is 11.3 Å². The van der Waals surface area contributed by atoms with Crippen LogP contribution < -0.4 is 15.0 Å². The second kappa shape index (κ2) is 6.05. The first-order valence-electron chi connectivity index (χ1n) is 6.68. The number of hydrogen-bond acceptors (Lipinski definition) is 5. The van der Waals surface area contributed by atoms with Crippen molar-refractivity contribution in [1.82, 2.24) is 5.32 Å². The number of amides is 4. The van der Waals surface area contributed by atoms with Crippen molar-refractivity contribution in [2.75, 3.05) is 12.0 Å². The predicted octanol–water partition coefficient (Wildman–Crippen LogP) is 2.42. The van der Waals surface area contributed by atoms with Gasteiger partial charge in [-0.1, -0.05) is 6.07 Å². The van der Waals surface area contributed by atoms with Gasteiger partial charge in [0.25, 0.3) is 11.8 Å². The van der Waals surface area contributed by atoms with Gasteiger partial charge in [-0.3, -0.25) is 14.9 Å². The van der Waals surface area contributed by atoms with Gasteiger partial charge in [0.05, 0.1) is 12.8 Å². The molecule has 0 aliphatic carbocycles. The summed E-state index contributed by atoms with van der Waals surface area (Å²) in [6, 6.07) is 7.50. The number of hydrogen-bond donors (Lipinski definition) is 1. The molecule has 0 atom stereocenters. The van der Waals surface area contributed by atoms with Gasteiger partial charge in [0.2, 0.25) is 0 Å². The fraction of sp³-hybridized carbons (Fsp3) is 0.0625. The number of anilines is 1. The van der Waals surface area contributed by atoms with Crippen LogP contribution in [-0.2, 0) is 9.59 Å². The molecule has 0 radical (unpaired) electrons. The summed E-state index contributed by atoms with van der Waals surface area (Å²) in [5, 5.41) is 5.82. The zero-order valence-corrected chi connectivity index (χ0v) is 12.9. The molecule has 23 heavy (non-hydrogen) atoms. The summed E-state index contributed by atoms with van der Waals surface area (Å²) in [6.07, 6.45) is 1.47. The highest BCUT2D eigenvalue weighted by atomic mass is 32.1. The van der Waals surface area contributed by atoms with E-state index < -0.39 is 17.8 Å². The van der Waals surface area contributed by atoms with Crippen LogP contribution in [0.25, 0.3) is 6.08 Å². The monoisotopic (exact) mass is 328 g/mol. The number of carbonyl (C=O) groups excluding carboxylic acids is 3. The number of ether oxygens (including phenoxy) is 1. The molecule has 1 N–H and O–H groups in total. The number of benzene rings is 1. The number of rotatable bonds is 3. The van der Waals surface area contributed by atoms with E-state index in [1.807, 2.05) is 5.38 Å². The molecule has 1 aliphatic rings. The highest BCUT2D eigenvalue weighted by molar-refractivity contribution is 7.08. The van der Waals surface area contributed by atoms with Crippen molar-refractivity contribution < 1.29 is 19.1 Å². The first-order valence-corrected chi connectivity index (χ1v) is 7.62. The van der Waals surface area contributed by atoms with Crippen molar-refractivity contribution in [3.05, 3.63) is 52.2 Å². The Morgan fingerprint density at radius 1 is 1.22 bits per heavy atom. The molecule has 0 saturated carbocycles. The first kappa shape index (κ1) is 15.0. The SMILES string of the molecule is COc1cccc(N2C(=O)NC(=O)C(=Cc3ccsc3)C2=O)c1. The zero-order chi connectivity index (χ0) is 16.4. The molecule has 1 saturated heterocycles. The minimum absolute atomic E-state index is 0.0918. The van der Waals surface area contributed by atoms with Crippen molar-refractivity contribution in [2.45, 2.75) is 0 Å². The van der Waals surface area contributed by atoms with Crippen LogP contribution in [0, 0.1) is 0 Å². The largest absolute Gasteiger partial charge is 0.497 e. The van der Waals surface area contributed by atoms with E-state index in [1.165, 1.54) is 24.5 Å². The van der Waals surface area contributed by atoms with E-state index in [0.717, 1.165) is 10.5 Å². The van der Waals surface area contributed by atoms with Gasteiger partial charge in [0, 0.05) is 6.07 Å². The van der Waals surface area contributed by atoms with Crippen LogP contribution in [0.3, 0.4) is 0 Å². The standard InChI is InChI=1S/C16H12N2O4S/c1-22-12-4-2-3-11(8-12)18-15(20)13(14(19)17-16(18)21)7-10-5-6-23-9-10/h2-9H,1H3,(H,17,19,21). The van der Waals surface area contributed by atoms with E-state index in [-0.39, 0.29) is 5.57 Å². The predicted molar refractivity (Wildman–Crippen MR) is 86.3 cm³/mol. The van der Waals surface area contributed by atoms with Crippen molar-refractivity contribution in [3.8, 4) is 5.75 Å². The third-order valence-electron chi connectivity index (χ3n) is 3.27. The van der Waals surface area contributed by atoms with Crippen molar-refractivity contribution in [3.63, 3.8) is 0 Å². The lowest BCUT2D eigenvalue weighted by atomic mass is 10.1. The third-order valence-corrected chi connectivity index (χ3v) is 3.97. The molecule has 116 valence electrons. The molecule has 2 aromatic rings. The van der Waals surface area contributed by atoms with Crippen LogP contribution in [0.15, 0.2) is 46.7 Å². The number of imide groups is 2. The van der Waals surface area contributed by atoms with Gasteiger partial charge in [-0.25, -0.2) is 9.69 Å². The number of carbonyl (C=O) groups is 3. The van der Waals surface area contributed by atoms with Crippen LogP contribution in [0.5, 0.6) is 5.75 Å². The Labute approximate surface area is 136 Å². The normalized spacial score (nSPS) is 16.7. The number of methoxy groups -OCH3 is 1. The quantitative estimate of drug-likeness (QED) is 0.693. The molecule has 7 heteroatoms. The van der Waals surface area contributed by atoms with Crippen LogP contribution in [0.1, 0.15) is 5.56 Å². The Hall–Kier alpha value is -2.93. The summed E-state index contributed by atoms with van der Waals surface area (Å²) in [5.74, 6) is -0.869. The van der Waals surface area contributed by atoms with Gasteiger partial charge in [-0.15, -0.1) is 0 Å². The Bertz CT molecular complexity index is 811. The summed E-state index contributed by atoms with van der Waals surface area (Å²) in [5.41, 5.74) is 0.967. The fourth-order valence-corrected chi connectivity index (χ4v) is 2.78. The maximum Gasteiger partial charge on any atom is 0.335 e. The van der Waals surface area contributed by atoms with Gasteiger partial charge in [-0.2, -0.15) is 11.3 Å². The molecule has 2 heterocycles. The summed E-state index contributed by atoms with van der Waals surface area (Å²) in [6.45, 7) is 0. The average molecular weight is 328 g/mol. The Morgan fingerprint density at radius 2 is 2.04 bits per heavy atom. The van der Waals surface area contributed by atoms with Crippen LogP contribution >= 0.6 is 11.3 Å². The Morgan fingerprint density at radius 3 is 2.74 bits per heavy atom. The third kappa shape index (κ3) is 2.86. The smallest absolute Gasteiger partial charge is 0.335 e. The van der Waals surface area contributed by atoms with E-state index in [2.05, 4.69) is 5.32 Å². The molecule has 1 fully saturated rings. The molecular weight excluding hydrogens is 316 g/mol. The van der Waals surface area contributed by atoms with Crippen LogP contribution in [0.4, 0.5) is 10.5 Å². The molecule has 1 aromatic carbocycles.